The molecule has 0 radical (unpaired) electrons. The summed E-state index contributed by atoms with van der Waals surface area (Å²) in [4.78, 5) is 27.7. The zero-order valence-electron chi connectivity index (χ0n) is 15.1. The van der Waals surface area contributed by atoms with Gasteiger partial charge in [-0.05, 0) is 52.4 Å². The highest BCUT2D eigenvalue weighted by Crippen LogP contribution is 2.55. The number of nitrogens with two attached hydrogens (primary N) is 1. The number of fused-ring (bicyclic) bond motifs is 2. The second-order valence-corrected chi connectivity index (χ2v) is 8.24. The van der Waals surface area contributed by atoms with Crippen molar-refractivity contribution in [3.05, 3.63) is 11.6 Å². The van der Waals surface area contributed by atoms with Crippen molar-refractivity contribution in [2.45, 2.75) is 70.9 Å². The Morgan fingerprint density at radius 3 is 2.50 bits per heavy atom. The van der Waals surface area contributed by atoms with Gasteiger partial charge >= 0.3 is 0 Å². The number of methoxy groups -OCH3 is 1. The van der Waals surface area contributed by atoms with Crippen LogP contribution in [0.3, 0.4) is 0 Å². The molecule has 2 saturated heterocycles. The molecular weight excluding hydrogens is 304 g/mol. The molecule has 3 atom stereocenters. The number of allylic oxidation sites excluding steroid dienone is 2. The van der Waals surface area contributed by atoms with Crippen molar-refractivity contribution >= 4 is 11.8 Å². The van der Waals surface area contributed by atoms with E-state index in [2.05, 4.69) is 6.08 Å². The molecule has 3 aliphatic rings. The van der Waals surface area contributed by atoms with Crippen molar-refractivity contribution in [2.75, 3.05) is 13.7 Å². The van der Waals surface area contributed by atoms with E-state index in [-0.39, 0.29) is 29.3 Å². The van der Waals surface area contributed by atoms with E-state index in [0.29, 0.717) is 19.4 Å². The third kappa shape index (κ3) is 2.48. The van der Waals surface area contributed by atoms with Crippen LogP contribution in [0.2, 0.25) is 0 Å². The fourth-order valence-corrected chi connectivity index (χ4v) is 5.03. The fraction of sp³-hybridized carbons (Fsp3) is 0.789. The average molecular weight is 334 g/mol. The second-order valence-electron chi connectivity index (χ2n) is 8.24. The highest BCUT2D eigenvalue weighted by Gasteiger charge is 2.62. The summed E-state index contributed by atoms with van der Waals surface area (Å²) < 4.78 is 5.35. The molecule has 5 nitrogen and oxygen atoms in total. The molecule has 0 aromatic carbocycles. The van der Waals surface area contributed by atoms with E-state index in [4.69, 9.17) is 10.5 Å². The maximum absolute atomic E-state index is 13.3. The summed E-state index contributed by atoms with van der Waals surface area (Å²) in [5.41, 5.74) is 6.09. The molecule has 1 aliphatic carbocycles. The van der Waals surface area contributed by atoms with Gasteiger partial charge in [0, 0.05) is 19.2 Å². The average Bonchev–Trinajstić information content (AvgIpc) is 3.04. The maximum Gasteiger partial charge on any atom is 0.231 e. The summed E-state index contributed by atoms with van der Waals surface area (Å²) in [5.74, 6) is -0.0529. The molecule has 5 heteroatoms. The highest BCUT2D eigenvalue weighted by molar-refractivity contribution is 5.89. The van der Waals surface area contributed by atoms with Gasteiger partial charge in [-0.25, -0.2) is 0 Å². The number of carbonyl (C=O) groups is 2. The van der Waals surface area contributed by atoms with E-state index >= 15 is 0 Å². The lowest BCUT2D eigenvalue weighted by molar-refractivity contribution is -0.154. The third-order valence-corrected chi connectivity index (χ3v) is 6.52. The van der Waals surface area contributed by atoms with Crippen LogP contribution in [0, 0.1) is 10.8 Å². The lowest BCUT2D eigenvalue weighted by Gasteiger charge is -2.44. The molecule has 0 aromatic heterocycles. The van der Waals surface area contributed by atoms with E-state index in [9.17, 15) is 9.59 Å². The number of amides is 2. The Bertz CT molecular complexity index is 563. The molecule has 134 valence electrons. The van der Waals surface area contributed by atoms with Crippen LogP contribution in [0.4, 0.5) is 0 Å². The van der Waals surface area contributed by atoms with Crippen LogP contribution in [0.5, 0.6) is 0 Å². The quantitative estimate of drug-likeness (QED) is 0.758. The minimum atomic E-state index is -0.589. The van der Waals surface area contributed by atoms with Gasteiger partial charge in [0.2, 0.25) is 11.8 Å². The van der Waals surface area contributed by atoms with Crippen LogP contribution < -0.4 is 5.73 Å². The number of primary amides is 1. The van der Waals surface area contributed by atoms with E-state index in [1.54, 1.807) is 7.11 Å². The van der Waals surface area contributed by atoms with Gasteiger partial charge in [-0.15, -0.1) is 0 Å². The Balaban J connectivity index is 1.88. The molecule has 2 N–H and O–H groups in total. The van der Waals surface area contributed by atoms with Crippen molar-refractivity contribution in [1.29, 1.82) is 0 Å². The maximum atomic E-state index is 13.3. The summed E-state index contributed by atoms with van der Waals surface area (Å²) in [6, 6.07) is 0.118. The lowest BCUT2D eigenvalue weighted by Crippen LogP contribution is -2.54. The third-order valence-electron chi connectivity index (χ3n) is 6.52. The van der Waals surface area contributed by atoms with Gasteiger partial charge < -0.3 is 15.4 Å². The summed E-state index contributed by atoms with van der Waals surface area (Å²) in [7, 11) is 1.66. The molecular formula is C19H30N2O3. The molecule has 3 rings (SSSR count). The Kier molecular flexibility index (Phi) is 4.49. The first kappa shape index (κ1) is 17.5. The molecule has 0 unspecified atom stereocenters. The van der Waals surface area contributed by atoms with Gasteiger partial charge in [-0.1, -0.05) is 18.1 Å². The fourth-order valence-electron chi connectivity index (χ4n) is 5.03. The topological polar surface area (TPSA) is 72.6 Å². The zero-order valence-corrected chi connectivity index (χ0v) is 15.1. The van der Waals surface area contributed by atoms with Crippen LogP contribution >= 0.6 is 0 Å². The number of hydrogen-bond donors (Lipinski definition) is 1. The van der Waals surface area contributed by atoms with Crippen LogP contribution in [0.25, 0.3) is 0 Å². The van der Waals surface area contributed by atoms with E-state index < -0.39 is 5.41 Å². The van der Waals surface area contributed by atoms with E-state index in [1.807, 2.05) is 18.7 Å². The summed E-state index contributed by atoms with van der Waals surface area (Å²) in [5, 5.41) is 0. The smallest absolute Gasteiger partial charge is 0.231 e. The number of hydrogen-bond acceptors (Lipinski definition) is 3. The zero-order chi connectivity index (χ0) is 17.5. The number of rotatable bonds is 6. The number of nitrogens with zero attached hydrogens (tertiary/aromatic N) is 1. The van der Waals surface area contributed by atoms with Crippen molar-refractivity contribution in [3.63, 3.8) is 0 Å². The predicted octanol–water partition coefficient (Wildman–Crippen LogP) is 2.39. The second kappa shape index (κ2) is 6.17. The molecule has 0 aromatic rings. The van der Waals surface area contributed by atoms with Gasteiger partial charge in [0.05, 0.1) is 17.4 Å². The number of ether oxygens (including phenoxy) is 1. The van der Waals surface area contributed by atoms with E-state index in [0.717, 1.165) is 32.1 Å². The van der Waals surface area contributed by atoms with Crippen LogP contribution in [0.15, 0.2) is 11.6 Å². The van der Waals surface area contributed by atoms with Crippen molar-refractivity contribution < 1.29 is 14.3 Å². The van der Waals surface area contributed by atoms with Gasteiger partial charge in [0.25, 0.3) is 0 Å². The first-order valence-corrected chi connectivity index (χ1v) is 9.11. The molecule has 0 spiro atoms. The Morgan fingerprint density at radius 1 is 1.29 bits per heavy atom. The van der Waals surface area contributed by atoms with Crippen LogP contribution in [0.1, 0.15) is 58.8 Å². The van der Waals surface area contributed by atoms with Gasteiger partial charge in [0.15, 0.2) is 0 Å². The van der Waals surface area contributed by atoms with Gasteiger partial charge in [-0.2, -0.15) is 0 Å². The molecule has 1 saturated carbocycles. The first-order chi connectivity index (χ1) is 11.4. The lowest BCUT2D eigenvalue weighted by atomic mass is 9.68. The highest BCUT2D eigenvalue weighted by atomic mass is 16.5. The SMILES string of the molecule is COCC1(C(=O)N2[C@H]3CC[C@@H]2[C@](CC=C(C)C)(C(N)=O)C3)CCC1. The molecule has 2 heterocycles. The first-order valence-electron chi connectivity index (χ1n) is 9.11. The predicted molar refractivity (Wildman–Crippen MR) is 92.1 cm³/mol. The van der Waals surface area contributed by atoms with Gasteiger partial charge in [0.1, 0.15) is 0 Å². The van der Waals surface area contributed by atoms with Gasteiger partial charge in [-0.3, -0.25) is 9.59 Å². The van der Waals surface area contributed by atoms with E-state index in [1.165, 1.54) is 5.57 Å². The number of carbonyl (C=O) groups excluding carboxylic acids is 2. The van der Waals surface area contributed by atoms with Crippen LogP contribution in [-0.4, -0.2) is 42.5 Å². The normalized spacial score (nSPS) is 33.2. The Labute approximate surface area is 144 Å². The standard InChI is InChI=1S/C19H30N2O3/c1-13(2)7-10-19(16(20)22)11-14-5-6-15(19)21(14)17(23)18(12-24-3)8-4-9-18/h7,14-15H,4-6,8-12H2,1-3H3,(H2,20,22)/t14-,15+,19+/m0/s1. The van der Waals surface area contributed by atoms with Crippen molar-refractivity contribution in [3.8, 4) is 0 Å². The summed E-state index contributed by atoms with van der Waals surface area (Å²) in [6.45, 7) is 4.55. The summed E-state index contributed by atoms with van der Waals surface area (Å²) in [6.07, 6.45) is 8.21. The minimum absolute atomic E-state index is 0.0440. The Morgan fingerprint density at radius 2 is 2.00 bits per heavy atom. The molecule has 2 aliphatic heterocycles. The van der Waals surface area contributed by atoms with Crippen molar-refractivity contribution in [1.82, 2.24) is 4.90 Å². The molecule has 24 heavy (non-hydrogen) atoms. The molecule has 2 amide bonds. The Hall–Kier alpha value is -1.36. The van der Waals surface area contributed by atoms with Crippen molar-refractivity contribution in [2.24, 2.45) is 16.6 Å². The largest absolute Gasteiger partial charge is 0.384 e. The minimum Gasteiger partial charge on any atom is -0.384 e. The summed E-state index contributed by atoms with van der Waals surface area (Å²) >= 11 is 0. The monoisotopic (exact) mass is 334 g/mol. The molecule has 3 fully saturated rings. The van der Waals surface area contributed by atoms with Crippen LogP contribution in [-0.2, 0) is 14.3 Å². The molecule has 2 bridgehead atoms.